The van der Waals surface area contributed by atoms with E-state index in [1.807, 2.05) is 13.0 Å². The van der Waals surface area contributed by atoms with Gasteiger partial charge in [0.25, 0.3) is 5.91 Å². The van der Waals surface area contributed by atoms with Gasteiger partial charge in [-0.15, -0.1) is 0 Å². The first-order chi connectivity index (χ1) is 11.1. The van der Waals surface area contributed by atoms with Crippen molar-refractivity contribution in [2.75, 3.05) is 0 Å². The molecule has 136 valence electrons. The molecule has 0 radical (unpaired) electrons. The number of carbonyl (C=O) groups excluding carboxylic acids is 1. The Balaban J connectivity index is 3.36. The zero-order chi connectivity index (χ0) is 18.5. The fraction of sp³-hybridized carbons (Fsp3) is 0.667. The Hall–Kier alpha value is -1.51. The SMILES string of the molecule is CCCC(Oc1ccc(C(C)(C)CC)cc1C(C)(C)CC)C(N)=O. The average molecular weight is 334 g/mol. The van der Waals surface area contributed by atoms with Crippen LogP contribution in [0.25, 0.3) is 0 Å². The summed E-state index contributed by atoms with van der Waals surface area (Å²) in [6.45, 7) is 15.4. The number of hydrogen-bond acceptors (Lipinski definition) is 2. The van der Waals surface area contributed by atoms with Crippen LogP contribution in [0, 0.1) is 0 Å². The van der Waals surface area contributed by atoms with Gasteiger partial charge in [0.1, 0.15) is 5.75 Å². The van der Waals surface area contributed by atoms with Gasteiger partial charge in [0.15, 0.2) is 6.10 Å². The Morgan fingerprint density at radius 2 is 1.67 bits per heavy atom. The molecule has 0 spiro atoms. The highest BCUT2D eigenvalue weighted by molar-refractivity contribution is 5.79. The van der Waals surface area contributed by atoms with Crippen molar-refractivity contribution in [1.82, 2.24) is 0 Å². The van der Waals surface area contributed by atoms with Crippen LogP contribution in [0.15, 0.2) is 18.2 Å². The van der Waals surface area contributed by atoms with Gasteiger partial charge in [0.05, 0.1) is 0 Å². The molecule has 0 aromatic heterocycles. The summed E-state index contributed by atoms with van der Waals surface area (Å²) in [4.78, 5) is 11.7. The molecule has 0 heterocycles. The van der Waals surface area contributed by atoms with Crippen molar-refractivity contribution in [2.24, 2.45) is 5.73 Å². The molecule has 0 saturated carbocycles. The second kappa shape index (κ2) is 8.04. The number of primary amides is 1. The van der Waals surface area contributed by atoms with E-state index in [0.29, 0.717) is 6.42 Å². The summed E-state index contributed by atoms with van der Waals surface area (Å²) in [5, 5.41) is 0. The number of amides is 1. The number of nitrogens with two attached hydrogens (primary N) is 1. The molecule has 0 bridgehead atoms. The molecular formula is C21H35NO2. The van der Waals surface area contributed by atoms with Gasteiger partial charge in [0.2, 0.25) is 0 Å². The van der Waals surface area contributed by atoms with E-state index < -0.39 is 12.0 Å². The molecule has 0 fully saturated rings. The fourth-order valence-corrected chi connectivity index (χ4v) is 2.65. The van der Waals surface area contributed by atoms with Crippen LogP contribution in [0.4, 0.5) is 0 Å². The van der Waals surface area contributed by atoms with Gasteiger partial charge in [-0.05, 0) is 41.7 Å². The lowest BCUT2D eigenvalue weighted by molar-refractivity contribution is -0.125. The van der Waals surface area contributed by atoms with Crippen LogP contribution in [0.2, 0.25) is 0 Å². The van der Waals surface area contributed by atoms with E-state index in [4.69, 9.17) is 10.5 Å². The summed E-state index contributed by atoms with van der Waals surface area (Å²) >= 11 is 0. The van der Waals surface area contributed by atoms with Crippen LogP contribution in [0.5, 0.6) is 5.75 Å². The molecule has 3 heteroatoms. The zero-order valence-electron chi connectivity index (χ0n) is 16.5. The van der Waals surface area contributed by atoms with Crippen molar-refractivity contribution in [3.8, 4) is 5.75 Å². The molecule has 24 heavy (non-hydrogen) atoms. The largest absolute Gasteiger partial charge is 0.480 e. The number of ether oxygens (including phenoxy) is 1. The van der Waals surface area contributed by atoms with Crippen LogP contribution in [0.3, 0.4) is 0 Å². The maximum atomic E-state index is 11.7. The molecule has 0 aliphatic carbocycles. The number of hydrogen-bond donors (Lipinski definition) is 1. The number of benzene rings is 1. The first-order valence-corrected chi connectivity index (χ1v) is 9.20. The first-order valence-electron chi connectivity index (χ1n) is 9.20. The van der Waals surface area contributed by atoms with Gasteiger partial charge in [-0.1, -0.05) is 67.0 Å². The van der Waals surface area contributed by atoms with Crippen molar-refractivity contribution < 1.29 is 9.53 Å². The summed E-state index contributed by atoms with van der Waals surface area (Å²) in [5.41, 5.74) is 8.07. The standard InChI is InChI=1S/C21H35NO2/c1-8-11-18(19(22)23)24-17-13-12-15(20(4,5)9-2)14-16(17)21(6,7)10-3/h12-14,18H,8-11H2,1-7H3,(H2,22,23). The number of carbonyl (C=O) groups is 1. The summed E-state index contributed by atoms with van der Waals surface area (Å²) < 4.78 is 6.06. The smallest absolute Gasteiger partial charge is 0.258 e. The number of rotatable bonds is 9. The van der Waals surface area contributed by atoms with E-state index in [9.17, 15) is 4.79 Å². The highest BCUT2D eigenvalue weighted by Crippen LogP contribution is 2.38. The molecule has 3 nitrogen and oxygen atoms in total. The quantitative estimate of drug-likeness (QED) is 0.684. The van der Waals surface area contributed by atoms with Crippen LogP contribution in [-0.4, -0.2) is 12.0 Å². The summed E-state index contributed by atoms with van der Waals surface area (Å²) in [6, 6.07) is 6.40. The highest BCUT2D eigenvalue weighted by Gasteiger charge is 2.28. The third-order valence-electron chi connectivity index (χ3n) is 5.40. The second-order valence-corrected chi connectivity index (χ2v) is 7.98. The van der Waals surface area contributed by atoms with Gasteiger partial charge in [-0.2, -0.15) is 0 Å². The monoisotopic (exact) mass is 333 g/mol. The van der Waals surface area contributed by atoms with E-state index in [0.717, 1.165) is 30.6 Å². The average Bonchev–Trinajstić information content (AvgIpc) is 2.54. The van der Waals surface area contributed by atoms with Gasteiger partial charge in [0, 0.05) is 5.56 Å². The van der Waals surface area contributed by atoms with Crippen LogP contribution in [0.1, 0.15) is 85.3 Å². The molecule has 0 saturated heterocycles. The Bertz CT molecular complexity index is 561. The summed E-state index contributed by atoms with van der Waals surface area (Å²) in [5.74, 6) is 0.393. The Morgan fingerprint density at radius 3 is 2.12 bits per heavy atom. The predicted octanol–water partition coefficient (Wildman–Crippen LogP) is 5.09. The third-order valence-corrected chi connectivity index (χ3v) is 5.40. The normalized spacial score (nSPS) is 13.6. The van der Waals surface area contributed by atoms with Gasteiger partial charge in [-0.25, -0.2) is 0 Å². The van der Waals surface area contributed by atoms with E-state index in [1.54, 1.807) is 0 Å². The van der Waals surface area contributed by atoms with Crippen molar-refractivity contribution in [3.05, 3.63) is 29.3 Å². The van der Waals surface area contributed by atoms with Crippen molar-refractivity contribution >= 4 is 5.91 Å². The molecule has 0 aliphatic rings. The van der Waals surface area contributed by atoms with Crippen molar-refractivity contribution in [3.63, 3.8) is 0 Å². The van der Waals surface area contributed by atoms with Crippen molar-refractivity contribution in [2.45, 2.75) is 91.1 Å². The van der Waals surface area contributed by atoms with Crippen LogP contribution >= 0.6 is 0 Å². The lowest BCUT2D eigenvalue weighted by atomic mass is 9.76. The second-order valence-electron chi connectivity index (χ2n) is 7.98. The molecule has 1 aromatic carbocycles. The molecule has 1 aromatic rings. The topological polar surface area (TPSA) is 52.3 Å². The van der Waals surface area contributed by atoms with Crippen LogP contribution < -0.4 is 10.5 Å². The molecule has 0 aliphatic heterocycles. The Morgan fingerprint density at radius 1 is 1.08 bits per heavy atom. The predicted molar refractivity (Wildman–Crippen MR) is 102 cm³/mol. The maximum absolute atomic E-state index is 11.7. The molecule has 1 atom stereocenters. The summed E-state index contributed by atoms with van der Waals surface area (Å²) in [7, 11) is 0. The van der Waals surface area contributed by atoms with E-state index in [2.05, 4.69) is 53.7 Å². The van der Waals surface area contributed by atoms with Gasteiger partial charge >= 0.3 is 0 Å². The molecule has 1 unspecified atom stereocenters. The summed E-state index contributed by atoms with van der Waals surface area (Å²) in [6.07, 6.45) is 3.00. The minimum absolute atomic E-state index is 0.0242. The van der Waals surface area contributed by atoms with Crippen molar-refractivity contribution in [1.29, 1.82) is 0 Å². The van der Waals surface area contributed by atoms with E-state index >= 15 is 0 Å². The molecule has 1 amide bonds. The third kappa shape index (κ3) is 4.75. The maximum Gasteiger partial charge on any atom is 0.258 e. The Labute approximate surface area is 148 Å². The lowest BCUT2D eigenvalue weighted by Crippen LogP contribution is -2.34. The molecular weight excluding hydrogens is 298 g/mol. The first kappa shape index (κ1) is 20.5. The minimum atomic E-state index is -0.563. The molecule has 2 N–H and O–H groups in total. The molecule has 1 rings (SSSR count). The van der Waals surface area contributed by atoms with Crippen LogP contribution in [-0.2, 0) is 15.6 Å². The zero-order valence-corrected chi connectivity index (χ0v) is 16.5. The van der Waals surface area contributed by atoms with E-state index in [-0.39, 0.29) is 10.8 Å². The fourth-order valence-electron chi connectivity index (χ4n) is 2.65. The minimum Gasteiger partial charge on any atom is -0.480 e. The van der Waals surface area contributed by atoms with Gasteiger partial charge < -0.3 is 10.5 Å². The van der Waals surface area contributed by atoms with E-state index in [1.165, 1.54) is 5.56 Å². The van der Waals surface area contributed by atoms with Gasteiger partial charge in [-0.3, -0.25) is 4.79 Å². The lowest BCUT2D eigenvalue weighted by Gasteiger charge is -2.31. The Kier molecular flexibility index (Phi) is 6.88. The highest BCUT2D eigenvalue weighted by atomic mass is 16.5.